The molecular formula is C6H4BrCl2N. The lowest BCUT2D eigenvalue weighted by Gasteiger charge is -1.96. The average molecular weight is 241 g/mol. The van der Waals surface area contributed by atoms with Crippen molar-refractivity contribution >= 4 is 39.1 Å². The summed E-state index contributed by atoms with van der Waals surface area (Å²) in [7, 11) is 0. The zero-order valence-electron chi connectivity index (χ0n) is 4.94. The van der Waals surface area contributed by atoms with Crippen LogP contribution in [0.4, 0.5) is 0 Å². The van der Waals surface area contributed by atoms with Crippen LogP contribution in [0.15, 0.2) is 12.3 Å². The zero-order valence-corrected chi connectivity index (χ0v) is 8.04. The highest BCUT2D eigenvalue weighted by molar-refractivity contribution is 9.08. The summed E-state index contributed by atoms with van der Waals surface area (Å²) in [6, 6.07) is 1.73. The van der Waals surface area contributed by atoms with E-state index < -0.39 is 0 Å². The molecule has 0 bridgehead atoms. The molecule has 0 atom stereocenters. The topological polar surface area (TPSA) is 12.9 Å². The van der Waals surface area contributed by atoms with E-state index in [2.05, 4.69) is 20.9 Å². The third kappa shape index (κ3) is 1.84. The molecule has 1 rings (SSSR count). The maximum atomic E-state index is 5.70. The molecule has 0 aliphatic heterocycles. The molecule has 0 fully saturated rings. The van der Waals surface area contributed by atoms with Crippen LogP contribution in [0, 0.1) is 0 Å². The molecule has 0 amide bonds. The van der Waals surface area contributed by atoms with Gasteiger partial charge in [-0.15, -0.1) is 0 Å². The van der Waals surface area contributed by atoms with Gasteiger partial charge in [-0.25, -0.2) is 0 Å². The van der Waals surface area contributed by atoms with E-state index in [4.69, 9.17) is 23.2 Å². The summed E-state index contributed by atoms with van der Waals surface area (Å²) in [6.45, 7) is 0. The molecule has 4 heteroatoms. The largest absolute Gasteiger partial charge is 0.259 e. The van der Waals surface area contributed by atoms with Gasteiger partial charge in [-0.3, -0.25) is 4.98 Å². The van der Waals surface area contributed by atoms with Gasteiger partial charge in [-0.05, 0) is 6.07 Å². The fraction of sp³-hybridized carbons (Fsp3) is 0.167. The lowest BCUT2D eigenvalue weighted by molar-refractivity contribution is 1.19. The van der Waals surface area contributed by atoms with Gasteiger partial charge in [0.2, 0.25) is 0 Å². The Morgan fingerprint density at radius 3 is 2.60 bits per heavy atom. The quantitative estimate of drug-likeness (QED) is 0.687. The van der Waals surface area contributed by atoms with Crippen LogP contribution in [0.3, 0.4) is 0 Å². The van der Waals surface area contributed by atoms with E-state index in [1.54, 1.807) is 12.3 Å². The van der Waals surface area contributed by atoms with Crippen molar-refractivity contribution in [3.05, 3.63) is 28.0 Å². The first-order valence-electron chi connectivity index (χ1n) is 2.60. The monoisotopic (exact) mass is 239 g/mol. The number of pyridine rings is 1. The van der Waals surface area contributed by atoms with E-state index in [0.717, 1.165) is 5.69 Å². The average Bonchev–Trinajstić information content (AvgIpc) is 1.95. The third-order valence-corrected chi connectivity index (χ3v) is 2.29. The normalized spacial score (nSPS) is 9.90. The second-order valence-corrected chi connectivity index (χ2v) is 3.10. The molecular weight excluding hydrogens is 237 g/mol. The number of aromatic nitrogens is 1. The highest BCUT2D eigenvalue weighted by Crippen LogP contribution is 2.21. The molecule has 0 spiro atoms. The van der Waals surface area contributed by atoms with Crippen LogP contribution in [0.5, 0.6) is 0 Å². The zero-order chi connectivity index (χ0) is 7.56. The Bertz CT molecular complexity index is 239. The standard InChI is InChI=1S/C6H4BrCl2N/c7-2-4-1-5(8)6(9)3-10-4/h1,3H,2H2. The molecule has 0 saturated heterocycles. The van der Waals surface area contributed by atoms with Gasteiger partial charge in [0.25, 0.3) is 0 Å². The molecule has 0 aromatic carbocycles. The first-order valence-corrected chi connectivity index (χ1v) is 4.47. The molecule has 0 saturated carbocycles. The molecule has 1 aromatic heterocycles. The third-order valence-electron chi connectivity index (χ3n) is 1.00. The van der Waals surface area contributed by atoms with Crippen molar-refractivity contribution in [3.8, 4) is 0 Å². The van der Waals surface area contributed by atoms with Crippen LogP contribution in [0.2, 0.25) is 10.0 Å². The second-order valence-electron chi connectivity index (χ2n) is 1.72. The Morgan fingerprint density at radius 2 is 2.10 bits per heavy atom. The van der Waals surface area contributed by atoms with Gasteiger partial charge < -0.3 is 0 Å². The van der Waals surface area contributed by atoms with Crippen molar-refractivity contribution in [2.24, 2.45) is 0 Å². The molecule has 0 aliphatic carbocycles. The van der Waals surface area contributed by atoms with Crippen LogP contribution < -0.4 is 0 Å². The van der Waals surface area contributed by atoms with Crippen LogP contribution >= 0.6 is 39.1 Å². The number of hydrogen-bond donors (Lipinski definition) is 0. The van der Waals surface area contributed by atoms with E-state index in [1.165, 1.54) is 0 Å². The molecule has 54 valence electrons. The SMILES string of the molecule is Clc1cnc(CBr)cc1Cl. The number of halogens is 3. The fourth-order valence-corrected chi connectivity index (χ4v) is 1.11. The molecule has 1 nitrogen and oxygen atoms in total. The van der Waals surface area contributed by atoms with Crippen molar-refractivity contribution in [3.63, 3.8) is 0 Å². The summed E-state index contributed by atoms with van der Waals surface area (Å²) in [5.74, 6) is 0. The predicted octanol–water partition coefficient (Wildman–Crippen LogP) is 3.28. The predicted molar refractivity (Wildman–Crippen MR) is 46.9 cm³/mol. The number of nitrogens with zero attached hydrogens (tertiary/aromatic N) is 1. The van der Waals surface area contributed by atoms with E-state index in [9.17, 15) is 0 Å². The van der Waals surface area contributed by atoms with Crippen molar-refractivity contribution < 1.29 is 0 Å². The minimum absolute atomic E-state index is 0.492. The summed E-state index contributed by atoms with van der Waals surface area (Å²) in [6.07, 6.45) is 1.54. The summed E-state index contributed by atoms with van der Waals surface area (Å²) < 4.78 is 0. The van der Waals surface area contributed by atoms with E-state index >= 15 is 0 Å². The van der Waals surface area contributed by atoms with Gasteiger partial charge in [0.1, 0.15) is 0 Å². The molecule has 1 aromatic rings. The van der Waals surface area contributed by atoms with E-state index in [1.807, 2.05) is 0 Å². The van der Waals surface area contributed by atoms with Gasteiger partial charge in [-0.2, -0.15) is 0 Å². The Labute approximate surface area is 77.5 Å². The minimum atomic E-state index is 0.492. The van der Waals surface area contributed by atoms with E-state index in [-0.39, 0.29) is 0 Å². The summed E-state index contributed by atoms with van der Waals surface area (Å²) in [5.41, 5.74) is 0.884. The van der Waals surface area contributed by atoms with Gasteiger partial charge in [0, 0.05) is 11.5 Å². The molecule has 0 N–H and O–H groups in total. The smallest absolute Gasteiger partial charge is 0.0775 e. The summed E-state index contributed by atoms with van der Waals surface area (Å²) in [4.78, 5) is 3.99. The second kappa shape index (κ2) is 3.56. The Morgan fingerprint density at radius 1 is 1.40 bits per heavy atom. The van der Waals surface area contributed by atoms with Crippen molar-refractivity contribution in [2.45, 2.75) is 5.33 Å². The maximum Gasteiger partial charge on any atom is 0.0775 e. The first kappa shape index (κ1) is 8.31. The number of rotatable bonds is 1. The Balaban J connectivity index is 3.04. The molecule has 0 radical (unpaired) electrons. The van der Waals surface area contributed by atoms with Gasteiger partial charge >= 0.3 is 0 Å². The Kier molecular flexibility index (Phi) is 2.96. The van der Waals surface area contributed by atoms with Crippen molar-refractivity contribution in [2.75, 3.05) is 0 Å². The van der Waals surface area contributed by atoms with E-state index in [0.29, 0.717) is 15.4 Å². The maximum absolute atomic E-state index is 5.70. The van der Waals surface area contributed by atoms with Crippen LogP contribution in [0.1, 0.15) is 5.69 Å². The van der Waals surface area contributed by atoms with Crippen molar-refractivity contribution in [1.29, 1.82) is 0 Å². The molecule has 0 unspecified atom stereocenters. The van der Waals surface area contributed by atoms with Gasteiger partial charge in [0.15, 0.2) is 0 Å². The highest BCUT2D eigenvalue weighted by atomic mass is 79.9. The van der Waals surface area contributed by atoms with Gasteiger partial charge in [-0.1, -0.05) is 39.1 Å². The van der Waals surface area contributed by atoms with Crippen molar-refractivity contribution in [1.82, 2.24) is 4.98 Å². The Hall–Kier alpha value is 0.210. The van der Waals surface area contributed by atoms with Gasteiger partial charge in [0.05, 0.1) is 15.7 Å². The first-order chi connectivity index (χ1) is 4.74. The highest BCUT2D eigenvalue weighted by Gasteiger charge is 1.98. The number of hydrogen-bond acceptors (Lipinski definition) is 1. The molecule has 10 heavy (non-hydrogen) atoms. The van der Waals surface area contributed by atoms with Crippen LogP contribution in [-0.4, -0.2) is 4.98 Å². The molecule has 1 heterocycles. The summed E-state index contributed by atoms with van der Waals surface area (Å²) >= 11 is 14.6. The molecule has 0 aliphatic rings. The lowest BCUT2D eigenvalue weighted by atomic mass is 10.4. The number of alkyl halides is 1. The minimum Gasteiger partial charge on any atom is -0.259 e. The van der Waals surface area contributed by atoms with Crippen LogP contribution in [0.25, 0.3) is 0 Å². The fourth-order valence-electron chi connectivity index (χ4n) is 0.527. The van der Waals surface area contributed by atoms with Crippen LogP contribution in [-0.2, 0) is 5.33 Å². The summed E-state index contributed by atoms with van der Waals surface area (Å²) in [5, 5.41) is 1.74. The lowest BCUT2D eigenvalue weighted by Crippen LogP contribution is -1.83.